The number of thiol groups is 1. The van der Waals surface area contributed by atoms with Crippen molar-refractivity contribution >= 4 is 37.6 Å². The maximum Gasteiger partial charge on any atom is 0.150 e. The summed E-state index contributed by atoms with van der Waals surface area (Å²) < 4.78 is 0. The third kappa shape index (κ3) is 5.42. The summed E-state index contributed by atoms with van der Waals surface area (Å²) in [5.74, 6) is 0. The van der Waals surface area contributed by atoms with Crippen LogP contribution < -0.4 is 5.14 Å². The summed E-state index contributed by atoms with van der Waals surface area (Å²) in [6.45, 7) is 7.02. The van der Waals surface area contributed by atoms with Crippen molar-refractivity contribution in [3.05, 3.63) is 35.9 Å². The van der Waals surface area contributed by atoms with E-state index < -0.39 is 0 Å². The van der Waals surface area contributed by atoms with Crippen molar-refractivity contribution < 1.29 is 15.3 Å². The number of benzene rings is 1. The van der Waals surface area contributed by atoms with Gasteiger partial charge in [-0.25, -0.2) is 0 Å². The minimum atomic E-state index is 0.623. The van der Waals surface area contributed by atoms with Crippen LogP contribution in [0.5, 0.6) is 0 Å². The summed E-state index contributed by atoms with van der Waals surface area (Å²) in [4.78, 5) is 14.2. The molecule has 1 aromatic carbocycles. The number of carbonyl (C=O) groups excluding carboxylic acids is 1. The van der Waals surface area contributed by atoms with E-state index in [0.29, 0.717) is 5.56 Å². The van der Waals surface area contributed by atoms with Crippen molar-refractivity contribution in [2.45, 2.75) is 0 Å². The van der Waals surface area contributed by atoms with E-state index in [1.165, 1.54) is 0 Å². The summed E-state index contributed by atoms with van der Waals surface area (Å²) in [6, 6.07) is 5.17. The van der Waals surface area contributed by atoms with Gasteiger partial charge in [0.1, 0.15) is 6.29 Å². The van der Waals surface area contributed by atoms with Crippen LogP contribution in [-0.2, 0) is 0 Å². The largest absolute Gasteiger partial charge is 0.298 e. The van der Waals surface area contributed by atoms with Gasteiger partial charge in [0.15, 0.2) is 0 Å². The summed E-state index contributed by atoms with van der Waals surface area (Å²) in [7, 11) is 0. The van der Waals surface area contributed by atoms with Gasteiger partial charge in [-0.05, 0) is 24.9 Å². The van der Waals surface area contributed by atoms with Gasteiger partial charge >= 0.3 is 0 Å². The maximum absolute atomic E-state index is 10.4. The zero-order chi connectivity index (χ0) is 13.0. The fourth-order valence-corrected chi connectivity index (χ4v) is 0.954. The summed E-state index contributed by atoms with van der Waals surface area (Å²) in [5, 5.41) is 16.2. The van der Waals surface area contributed by atoms with Gasteiger partial charge in [0.25, 0.3) is 0 Å². The molecule has 1 rings (SSSR count). The van der Waals surface area contributed by atoms with Gasteiger partial charge in [-0.15, -0.1) is 12.8 Å². The van der Waals surface area contributed by atoms with E-state index >= 15 is 0 Å². The predicted octanol–water partition coefficient (Wildman–Crippen LogP) is 2.28. The predicted molar refractivity (Wildman–Crippen MR) is 69.6 cm³/mol. The van der Waals surface area contributed by atoms with Crippen molar-refractivity contribution in [2.24, 2.45) is 10.1 Å². The minimum Gasteiger partial charge on any atom is -0.298 e. The van der Waals surface area contributed by atoms with Gasteiger partial charge in [0.2, 0.25) is 0 Å². The van der Waals surface area contributed by atoms with E-state index in [1.54, 1.807) is 24.3 Å². The Kier molecular flexibility index (Phi) is 12.3. The normalized spacial score (nSPS) is 7.50. The van der Waals surface area contributed by atoms with Crippen molar-refractivity contribution in [2.75, 3.05) is 0 Å². The topological polar surface area (TPSA) is 95.9 Å². The van der Waals surface area contributed by atoms with Gasteiger partial charge < -0.3 is 0 Å². The lowest BCUT2D eigenvalue weighted by Crippen LogP contribution is -1.81. The lowest BCUT2D eigenvalue weighted by molar-refractivity contribution is -0.176. The summed E-state index contributed by atoms with van der Waals surface area (Å²) in [6.07, 6.45) is 2.44. The van der Waals surface area contributed by atoms with Crippen LogP contribution in [0, 0.1) is 0 Å². The van der Waals surface area contributed by atoms with Crippen LogP contribution in [0.4, 0.5) is 5.69 Å². The van der Waals surface area contributed by atoms with Gasteiger partial charge in [-0.2, -0.15) is 0 Å². The van der Waals surface area contributed by atoms with Crippen LogP contribution in [0.25, 0.3) is 6.08 Å². The van der Waals surface area contributed by atoms with E-state index in [9.17, 15) is 4.79 Å². The lowest BCUT2D eigenvalue weighted by Gasteiger charge is -1.99. The number of hydrogen-bond acceptors (Lipinski definition) is 6. The van der Waals surface area contributed by atoms with Gasteiger partial charge in [-0.1, -0.05) is 12.7 Å². The smallest absolute Gasteiger partial charge is 0.150 e. The molecule has 0 amide bonds. The fourth-order valence-electron chi connectivity index (χ4n) is 0.954. The molecule has 0 aliphatic rings. The molecule has 0 unspecified atom stereocenters. The van der Waals surface area contributed by atoms with Crippen molar-refractivity contribution in [1.82, 2.24) is 0 Å². The van der Waals surface area contributed by atoms with Crippen LogP contribution in [0.15, 0.2) is 29.8 Å². The molecule has 88 valence electrons. The molecule has 4 N–H and O–H groups in total. The number of rotatable bonds is 3. The van der Waals surface area contributed by atoms with E-state index in [0.717, 1.165) is 17.5 Å². The zero-order valence-electron chi connectivity index (χ0n) is 8.58. The quantitative estimate of drug-likeness (QED) is 0.215. The zero-order valence-corrected chi connectivity index (χ0v) is 9.47. The second-order valence-corrected chi connectivity index (χ2v) is 2.30. The van der Waals surface area contributed by atoms with Crippen molar-refractivity contribution in [3.8, 4) is 0 Å². The Balaban J connectivity index is 0. The van der Waals surface area contributed by atoms with Gasteiger partial charge in [0, 0.05) is 11.1 Å². The molecule has 0 fully saturated rings. The highest BCUT2D eigenvalue weighted by Gasteiger charge is 1.97. The van der Waals surface area contributed by atoms with Crippen molar-refractivity contribution in [3.63, 3.8) is 0 Å². The molecule has 1 aromatic rings. The van der Waals surface area contributed by atoms with Gasteiger partial charge in [0.05, 0.1) is 5.69 Å². The second kappa shape index (κ2) is 11.6. The Morgan fingerprint density at radius 2 is 1.94 bits per heavy atom. The number of nitrogens with two attached hydrogens (primary N) is 1. The van der Waals surface area contributed by atoms with Crippen LogP contribution >= 0.6 is 12.8 Å². The average molecular weight is 242 g/mol. The first kappa shape index (κ1) is 16.9. The molecule has 0 aliphatic carbocycles. The van der Waals surface area contributed by atoms with Gasteiger partial charge in [-0.3, -0.25) is 25.4 Å². The lowest BCUT2D eigenvalue weighted by atomic mass is 10.1. The van der Waals surface area contributed by atoms with Crippen LogP contribution in [-0.4, -0.2) is 23.5 Å². The van der Waals surface area contributed by atoms with Crippen LogP contribution in [0.3, 0.4) is 0 Å². The van der Waals surface area contributed by atoms with E-state index in [2.05, 4.69) is 36.2 Å². The standard InChI is InChI=1S/C10H9NO.H3NS.H2O2/c1-3-9-6-8(7-12)4-5-10(9)11-2;2*1-2/h3-7H,1-2H2;2H,1H2;1-2H. The molecule has 0 radical (unpaired) electrons. The highest BCUT2D eigenvalue weighted by atomic mass is 32.1. The first-order valence-electron chi connectivity index (χ1n) is 3.96. The molecule has 0 atom stereocenters. The second-order valence-electron chi connectivity index (χ2n) is 2.30. The Labute approximate surface area is 99.4 Å². The van der Waals surface area contributed by atoms with Crippen LogP contribution in [0.1, 0.15) is 15.9 Å². The fraction of sp³-hybridized carbons (Fsp3) is 0. The third-order valence-electron chi connectivity index (χ3n) is 1.58. The molecular weight excluding hydrogens is 228 g/mol. The monoisotopic (exact) mass is 242 g/mol. The highest BCUT2D eigenvalue weighted by Crippen LogP contribution is 2.20. The number of aldehydes is 1. The Morgan fingerprint density at radius 3 is 2.31 bits per heavy atom. The molecule has 5 nitrogen and oxygen atoms in total. The SMILES string of the molecule is C=Cc1cc(C=O)ccc1N=C.NS.OO. The third-order valence-corrected chi connectivity index (χ3v) is 1.58. The molecule has 0 aromatic heterocycles. The number of hydrogen-bond donors (Lipinski definition) is 4. The summed E-state index contributed by atoms with van der Waals surface area (Å²) >= 11 is 3.03. The molecule has 6 heteroatoms. The number of aliphatic imine (C=N–C) groups is 1. The summed E-state index contributed by atoms with van der Waals surface area (Å²) in [5.41, 5.74) is 2.20. The minimum absolute atomic E-state index is 0.623. The van der Waals surface area contributed by atoms with E-state index in [1.807, 2.05) is 0 Å². The molecule has 0 heterocycles. The van der Waals surface area contributed by atoms with E-state index in [4.69, 9.17) is 10.5 Å². The molecule has 0 saturated heterocycles. The van der Waals surface area contributed by atoms with Crippen LogP contribution in [0.2, 0.25) is 0 Å². The first-order chi connectivity index (χ1) is 7.81. The average Bonchev–Trinajstić information content (AvgIpc) is 2.42. The highest BCUT2D eigenvalue weighted by molar-refractivity contribution is 7.77. The Hall–Kier alpha value is -1.47. The Morgan fingerprint density at radius 1 is 1.38 bits per heavy atom. The molecule has 16 heavy (non-hydrogen) atoms. The molecule has 0 bridgehead atoms. The molecular formula is C10H14N2O3S. The number of carbonyl (C=O) groups is 1. The van der Waals surface area contributed by atoms with Crippen molar-refractivity contribution in [1.29, 1.82) is 0 Å². The van der Waals surface area contributed by atoms with E-state index in [-0.39, 0.29) is 0 Å². The maximum atomic E-state index is 10.4. The molecule has 0 saturated carbocycles. The molecule has 0 spiro atoms. The molecule has 0 aliphatic heterocycles. The first-order valence-corrected chi connectivity index (χ1v) is 4.47. The number of nitrogens with zero attached hydrogens (tertiary/aromatic N) is 1. The Bertz CT molecular complexity index is 343.